The second-order valence-corrected chi connectivity index (χ2v) is 15.4. The molecule has 4 aromatic rings. The van der Waals surface area contributed by atoms with Crippen molar-refractivity contribution in [1.82, 2.24) is 16.0 Å². The maximum Gasteiger partial charge on any atom is 0.328 e. The maximum atomic E-state index is 13.5. The molecule has 59 heavy (non-hydrogen) atoms. The van der Waals surface area contributed by atoms with Gasteiger partial charge in [0.25, 0.3) is 20.2 Å². The summed E-state index contributed by atoms with van der Waals surface area (Å²) < 4.78 is 71.9. The van der Waals surface area contributed by atoms with Crippen molar-refractivity contribution in [3.05, 3.63) is 103 Å². The Morgan fingerprint density at radius 2 is 1.46 bits per heavy atom. The van der Waals surface area contributed by atoms with Crippen LogP contribution in [0.3, 0.4) is 0 Å². The summed E-state index contributed by atoms with van der Waals surface area (Å²) in [4.78, 5) is 52.5. The van der Waals surface area contributed by atoms with Crippen LogP contribution < -0.4 is 32.2 Å². The first-order chi connectivity index (χ1) is 27.9. The summed E-state index contributed by atoms with van der Waals surface area (Å²) in [7, 11) is -9.66. The predicted octanol–water partition coefficient (Wildman–Crippen LogP) is 2.15. The predicted molar refractivity (Wildman–Crippen MR) is 213 cm³/mol. The Labute approximate surface area is 337 Å². The number of nitrogens with two attached hydrogens (primary N) is 2. The largest absolute Gasteiger partial charge is 0.492 e. The molecule has 0 aliphatic carbocycles. The fraction of sp³-hybridized carbons (Fsp3) is 0.216. The van der Waals surface area contributed by atoms with E-state index < -0.39 is 65.8 Å². The lowest BCUT2D eigenvalue weighted by Crippen LogP contribution is -2.54. The van der Waals surface area contributed by atoms with Gasteiger partial charge in [0.15, 0.2) is 5.96 Å². The average Bonchev–Trinajstić information content (AvgIpc) is 3.18. The molecule has 0 unspecified atom stereocenters. The van der Waals surface area contributed by atoms with Crippen molar-refractivity contribution < 1.29 is 55.0 Å². The van der Waals surface area contributed by atoms with Gasteiger partial charge in [-0.15, -0.1) is 0 Å². The van der Waals surface area contributed by atoms with Gasteiger partial charge in [0, 0.05) is 30.5 Å². The van der Waals surface area contributed by atoms with Crippen LogP contribution in [0, 0.1) is 0 Å². The molecule has 0 radical (unpaired) electrons. The second-order valence-electron chi connectivity index (χ2n) is 12.5. The molecule has 0 aliphatic rings. The zero-order chi connectivity index (χ0) is 43.2. The molecule has 0 saturated heterocycles. The highest BCUT2D eigenvalue weighted by Crippen LogP contribution is 2.31. The van der Waals surface area contributed by atoms with Crippen LogP contribution in [0.2, 0.25) is 0 Å². The number of carbonyl (C=O) groups excluding carboxylic acids is 3. The normalized spacial score (nSPS) is 12.8. The molecule has 0 saturated carbocycles. The first-order valence-corrected chi connectivity index (χ1v) is 20.3. The highest BCUT2D eigenvalue weighted by Gasteiger charge is 2.27. The number of aliphatic carboxylic acids is 1. The fourth-order valence-corrected chi connectivity index (χ4v) is 6.74. The summed E-state index contributed by atoms with van der Waals surface area (Å²) in [6.07, 6.45) is 1.87. The standard InChI is InChI=1S/C37H40N8O12S2/c38-37(39)41-16-4-7-30(43-36(50)31(19-23-5-2-1-3-6-23)42-33(46)14-15-34(47)48)35(49)40-17-18-57-27-11-8-25(9-12-27)44-45-26-10-13-29-24(20-26)21-28(58(51,52)53)22-32(29)59(54,55)56/h1-3,5-6,8-15,20-22,30-31H,4,7,16-19H2,(H,40,49)(H,42,46)(H,43,50)(H,47,48)(H4,38,39,41)(H,51,52,53)(H,54,55,56)/b15-14-,45-44?/t30-,31-/m0/s1. The van der Waals surface area contributed by atoms with Gasteiger partial charge in [-0.3, -0.25) is 28.5 Å². The number of rotatable bonds is 20. The number of azo groups is 1. The van der Waals surface area contributed by atoms with E-state index in [9.17, 15) is 45.1 Å². The van der Waals surface area contributed by atoms with Gasteiger partial charge in [0.2, 0.25) is 17.7 Å². The van der Waals surface area contributed by atoms with Crippen LogP contribution in [0.1, 0.15) is 18.4 Å². The molecule has 0 aliphatic heterocycles. The Morgan fingerprint density at radius 1 is 0.780 bits per heavy atom. The summed E-state index contributed by atoms with van der Waals surface area (Å²) in [5, 5.41) is 25.0. The number of carbonyl (C=O) groups is 4. The van der Waals surface area contributed by atoms with Crippen LogP contribution in [0.25, 0.3) is 10.8 Å². The van der Waals surface area contributed by atoms with E-state index in [-0.39, 0.29) is 55.0 Å². The first-order valence-electron chi connectivity index (χ1n) is 17.5. The number of amides is 3. The van der Waals surface area contributed by atoms with E-state index in [1.165, 1.54) is 18.2 Å². The minimum Gasteiger partial charge on any atom is -0.492 e. The molecular weight excluding hydrogens is 813 g/mol. The topological polar surface area (TPSA) is 332 Å². The van der Waals surface area contributed by atoms with E-state index in [0.29, 0.717) is 35.6 Å². The van der Waals surface area contributed by atoms with Crippen molar-refractivity contribution in [3.63, 3.8) is 0 Å². The van der Waals surface area contributed by atoms with Gasteiger partial charge in [0.05, 0.1) is 22.8 Å². The van der Waals surface area contributed by atoms with E-state index in [1.54, 1.807) is 54.6 Å². The summed E-state index contributed by atoms with van der Waals surface area (Å²) in [5.74, 6) is -3.18. The number of carboxylic acids is 1. The van der Waals surface area contributed by atoms with Crippen molar-refractivity contribution in [2.75, 3.05) is 19.7 Å². The van der Waals surface area contributed by atoms with E-state index in [1.807, 2.05) is 0 Å². The Kier molecular flexibility index (Phi) is 15.7. The van der Waals surface area contributed by atoms with E-state index in [0.717, 1.165) is 12.1 Å². The quantitative estimate of drug-likeness (QED) is 0.0158. The van der Waals surface area contributed by atoms with Crippen molar-refractivity contribution in [3.8, 4) is 5.75 Å². The van der Waals surface area contributed by atoms with Gasteiger partial charge in [-0.1, -0.05) is 36.4 Å². The highest BCUT2D eigenvalue weighted by molar-refractivity contribution is 7.86. The number of nitrogens with one attached hydrogen (secondary N) is 3. The number of fused-ring (bicyclic) bond motifs is 1. The van der Waals surface area contributed by atoms with Crippen molar-refractivity contribution in [1.29, 1.82) is 0 Å². The van der Waals surface area contributed by atoms with Crippen molar-refractivity contribution in [2.24, 2.45) is 26.7 Å². The number of aliphatic imine (C=N–C) groups is 1. The maximum absolute atomic E-state index is 13.5. The lowest BCUT2D eigenvalue weighted by atomic mass is 10.0. The molecule has 0 heterocycles. The molecule has 312 valence electrons. The lowest BCUT2D eigenvalue weighted by molar-refractivity contribution is -0.132. The number of ether oxygens (including phenoxy) is 1. The van der Waals surface area contributed by atoms with Crippen molar-refractivity contribution >= 4 is 72.0 Å². The van der Waals surface area contributed by atoms with Crippen LogP contribution in [0.5, 0.6) is 5.75 Å². The SMILES string of the molecule is NC(N)=NCCC[C@H](NC(=O)[C@H](Cc1ccccc1)NC(=O)/C=C\C(=O)O)C(=O)NCCOc1ccc(N=Nc2ccc3c(S(=O)(=O)O)cc(S(=O)(=O)O)cc3c2)cc1. The Morgan fingerprint density at radius 3 is 2.10 bits per heavy atom. The van der Waals surface area contributed by atoms with Crippen LogP contribution in [0.4, 0.5) is 11.4 Å². The molecule has 10 N–H and O–H groups in total. The molecule has 22 heteroatoms. The molecule has 0 fully saturated rings. The van der Waals surface area contributed by atoms with Gasteiger partial charge < -0.3 is 37.3 Å². The third-order valence-electron chi connectivity index (χ3n) is 8.11. The number of guanidine groups is 1. The first kappa shape index (κ1) is 45.0. The molecule has 2 atom stereocenters. The molecule has 4 aromatic carbocycles. The van der Waals surface area contributed by atoms with Gasteiger partial charge >= 0.3 is 5.97 Å². The number of benzene rings is 4. The third kappa shape index (κ3) is 14.6. The molecule has 3 amide bonds. The second kappa shape index (κ2) is 20.6. The monoisotopic (exact) mass is 852 g/mol. The number of hydrogen-bond acceptors (Lipinski definition) is 12. The average molecular weight is 853 g/mol. The number of hydrogen-bond donors (Lipinski definition) is 8. The molecule has 0 bridgehead atoms. The minimum absolute atomic E-state index is 0.0120. The third-order valence-corrected chi connectivity index (χ3v) is 9.83. The fourth-order valence-electron chi connectivity index (χ4n) is 5.38. The highest BCUT2D eigenvalue weighted by atomic mass is 32.2. The van der Waals surface area contributed by atoms with Crippen LogP contribution in [-0.2, 0) is 45.8 Å². The van der Waals surface area contributed by atoms with Crippen LogP contribution in [-0.4, -0.2) is 92.5 Å². The van der Waals surface area contributed by atoms with Gasteiger partial charge in [-0.25, -0.2) is 4.79 Å². The van der Waals surface area contributed by atoms with Crippen molar-refractivity contribution in [2.45, 2.75) is 41.1 Å². The van der Waals surface area contributed by atoms with E-state index >= 15 is 0 Å². The van der Waals surface area contributed by atoms with E-state index in [2.05, 4.69) is 31.2 Å². The molecule has 4 rings (SSSR count). The summed E-state index contributed by atoms with van der Waals surface area (Å²) in [5.41, 5.74) is 12.1. The Bertz CT molecular complexity index is 2480. The minimum atomic E-state index is -4.85. The summed E-state index contributed by atoms with van der Waals surface area (Å²) >= 11 is 0. The lowest BCUT2D eigenvalue weighted by Gasteiger charge is -2.23. The molecule has 20 nitrogen and oxygen atoms in total. The smallest absolute Gasteiger partial charge is 0.328 e. The zero-order valence-electron chi connectivity index (χ0n) is 31.0. The number of nitrogens with zero attached hydrogens (tertiary/aromatic N) is 3. The van der Waals surface area contributed by atoms with Gasteiger partial charge in [-0.05, 0) is 72.3 Å². The molecule has 0 aromatic heterocycles. The molecular formula is C37H40N8O12S2. The Balaban J connectivity index is 1.38. The van der Waals surface area contributed by atoms with Crippen LogP contribution in [0.15, 0.2) is 122 Å². The van der Waals surface area contributed by atoms with Crippen LogP contribution >= 0.6 is 0 Å². The van der Waals surface area contributed by atoms with Gasteiger partial charge in [0.1, 0.15) is 29.3 Å². The summed E-state index contributed by atoms with van der Waals surface area (Å²) in [6.45, 7) is 0.201. The van der Waals surface area contributed by atoms with E-state index in [4.69, 9.17) is 21.3 Å². The summed E-state index contributed by atoms with van der Waals surface area (Å²) in [6, 6.07) is 18.5. The number of carboxylic acid groups (broad SMARTS) is 1. The zero-order valence-corrected chi connectivity index (χ0v) is 32.6. The Hall–Kier alpha value is -6.75. The molecule has 0 spiro atoms. The van der Waals surface area contributed by atoms with Gasteiger partial charge in [-0.2, -0.15) is 27.1 Å².